The van der Waals surface area contributed by atoms with Crippen molar-refractivity contribution in [3.05, 3.63) is 18.0 Å². The molecule has 1 aromatic rings. The zero-order valence-electron chi connectivity index (χ0n) is 7.14. The minimum atomic E-state index is 0.161. The van der Waals surface area contributed by atoms with E-state index in [1.807, 2.05) is 6.92 Å². The number of rotatable bonds is 3. The Kier molecular flexibility index (Phi) is 3.51. The summed E-state index contributed by atoms with van der Waals surface area (Å²) in [4.78, 5) is 8.09. The molecule has 0 saturated heterocycles. The van der Waals surface area contributed by atoms with Gasteiger partial charge in [-0.05, 0) is 12.5 Å². The average Bonchev–Trinajstić information content (AvgIpc) is 2.16. The molecule has 0 saturated carbocycles. The van der Waals surface area contributed by atoms with Crippen LogP contribution in [0, 0.1) is 6.92 Å². The van der Waals surface area contributed by atoms with E-state index in [-0.39, 0.29) is 5.84 Å². The summed E-state index contributed by atoms with van der Waals surface area (Å²) >= 11 is 1.32. The molecule has 0 atom stereocenters. The van der Waals surface area contributed by atoms with Crippen molar-refractivity contribution in [1.29, 1.82) is 0 Å². The number of aromatic nitrogens is 2. The number of thioether (sulfide) groups is 1. The molecule has 6 heteroatoms. The third-order valence-corrected chi connectivity index (χ3v) is 2.14. The zero-order chi connectivity index (χ0) is 9.68. The van der Waals surface area contributed by atoms with Crippen molar-refractivity contribution < 1.29 is 5.21 Å². The highest BCUT2D eigenvalue weighted by Gasteiger charge is 1.98. The molecule has 0 aliphatic carbocycles. The van der Waals surface area contributed by atoms with E-state index in [0.717, 1.165) is 5.56 Å². The van der Waals surface area contributed by atoms with Gasteiger partial charge in [-0.3, -0.25) is 0 Å². The number of hydrogen-bond donors (Lipinski definition) is 2. The summed E-state index contributed by atoms with van der Waals surface area (Å²) in [5, 5.41) is 11.7. The van der Waals surface area contributed by atoms with Gasteiger partial charge in [-0.1, -0.05) is 16.9 Å². The number of aryl methyl sites for hydroxylation is 1. The Balaban J connectivity index is 2.51. The molecule has 70 valence electrons. The third kappa shape index (κ3) is 3.29. The van der Waals surface area contributed by atoms with E-state index < -0.39 is 0 Å². The van der Waals surface area contributed by atoms with Crippen LogP contribution < -0.4 is 5.73 Å². The Hall–Kier alpha value is -1.30. The van der Waals surface area contributed by atoms with E-state index in [0.29, 0.717) is 10.9 Å². The molecule has 5 nitrogen and oxygen atoms in total. The largest absolute Gasteiger partial charge is 0.409 e. The van der Waals surface area contributed by atoms with E-state index in [9.17, 15) is 0 Å². The van der Waals surface area contributed by atoms with Crippen LogP contribution in [0.1, 0.15) is 5.56 Å². The highest BCUT2D eigenvalue weighted by Crippen LogP contribution is 2.10. The van der Waals surface area contributed by atoms with E-state index in [2.05, 4.69) is 15.1 Å². The van der Waals surface area contributed by atoms with Crippen LogP contribution in [0.5, 0.6) is 0 Å². The van der Waals surface area contributed by atoms with Gasteiger partial charge in [-0.15, -0.1) is 0 Å². The molecule has 0 fully saturated rings. The van der Waals surface area contributed by atoms with Crippen molar-refractivity contribution in [1.82, 2.24) is 9.97 Å². The van der Waals surface area contributed by atoms with Crippen LogP contribution in [0.4, 0.5) is 0 Å². The number of amidine groups is 1. The summed E-state index contributed by atoms with van der Waals surface area (Å²) in [7, 11) is 0. The molecule has 0 bridgehead atoms. The highest BCUT2D eigenvalue weighted by atomic mass is 32.2. The van der Waals surface area contributed by atoms with Crippen LogP contribution in [-0.2, 0) is 0 Å². The SMILES string of the molecule is Cc1cnc(SC/C(N)=N/O)nc1. The highest BCUT2D eigenvalue weighted by molar-refractivity contribution is 7.99. The lowest BCUT2D eigenvalue weighted by molar-refractivity contribution is 0.318. The second-order valence-corrected chi connectivity index (χ2v) is 3.37. The van der Waals surface area contributed by atoms with Crippen LogP contribution >= 0.6 is 11.8 Å². The Labute approximate surface area is 80.1 Å². The molecule has 13 heavy (non-hydrogen) atoms. The molecular weight excluding hydrogens is 188 g/mol. The molecule has 0 radical (unpaired) electrons. The van der Waals surface area contributed by atoms with Crippen molar-refractivity contribution in [2.45, 2.75) is 12.1 Å². The first-order valence-corrected chi connectivity index (χ1v) is 4.59. The van der Waals surface area contributed by atoms with E-state index in [1.54, 1.807) is 12.4 Å². The third-order valence-electron chi connectivity index (χ3n) is 1.23. The monoisotopic (exact) mass is 198 g/mol. The summed E-state index contributed by atoms with van der Waals surface area (Å²) in [6, 6.07) is 0. The summed E-state index contributed by atoms with van der Waals surface area (Å²) in [5.41, 5.74) is 6.28. The number of hydrogen-bond acceptors (Lipinski definition) is 5. The van der Waals surface area contributed by atoms with Crippen LogP contribution in [0.3, 0.4) is 0 Å². The van der Waals surface area contributed by atoms with Gasteiger partial charge in [0.25, 0.3) is 0 Å². The van der Waals surface area contributed by atoms with Crippen molar-refractivity contribution in [2.75, 3.05) is 5.75 Å². The molecule has 0 amide bonds. The fraction of sp³-hybridized carbons (Fsp3) is 0.286. The molecule has 0 aliphatic heterocycles. The Morgan fingerprint density at radius 2 is 2.23 bits per heavy atom. The quantitative estimate of drug-likeness (QED) is 0.186. The molecule has 0 aliphatic rings. The van der Waals surface area contributed by atoms with Gasteiger partial charge in [0.15, 0.2) is 5.16 Å². The molecule has 0 spiro atoms. The number of nitrogens with zero attached hydrogens (tertiary/aromatic N) is 3. The standard InChI is InChI=1S/C7H10N4OS/c1-5-2-9-7(10-3-5)13-4-6(8)11-12/h2-3,12H,4H2,1H3,(H2,8,11). The maximum absolute atomic E-state index is 8.27. The van der Waals surface area contributed by atoms with Gasteiger partial charge in [0.05, 0.1) is 5.75 Å². The first kappa shape index (κ1) is 9.79. The normalized spacial score (nSPS) is 11.6. The van der Waals surface area contributed by atoms with Crippen LogP contribution in [-0.4, -0.2) is 26.8 Å². The van der Waals surface area contributed by atoms with Gasteiger partial charge < -0.3 is 10.9 Å². The first-order chi connectivity index (χ1) is 6.22. The van der Waals surface area contributed by atoms with Crippen molar-refractivity contribution in [3.63, 3.8) is 0 Å². The van der Waals surface area contributed by atoms with Gasteiger partial charge in [0.1, 0.15) is 5.84 Å². The van der Waals surface area contributed by atoms with E-state index >= 15 is 0 Å². The van der Waals surface area contributed by atoms with Gasteiger partial charge in [0, 0.05) is 12.4 Å². The average molecular weight is 198 g/mol. The molecule has 0 unspecified atom stereocenters. The van der Waals surface area contributed by atoms with Crippen LogP contribution in [0.25, 0.3) is 0 Å². The van der Waals surface area contributed by atoms with Crippen LogP contribution in [0.2, 0.25) is 0 Å². The van der Waals surface area contributed by atoms with Gasteiger partial charge in [-0.25, -0.2) is 9.97 Å². The smallest absolute Gasteiger partial charge is 0.187 e. The predicted molar refractivity (Wildman–Crippen MR) is 50.9 cm³/mol. The topological polar surface area (TPSA) is 84.4 Å². The minimum Gasteiger partial charge on any atom is -0.409 e. The minimum absolute atomic E-state index is 0.161. The summed E-state index contributed by atoms with van der Waals surface area (Å²) in [5.74, 6) is 0.550. The first-order valence-electron chi connectivity index (χ1n) is 3.60. The lowest BCUT2D eigenvalue weighted by Crippen LogP contribution is -2.14. The van der Waals surface area contributed by atoms with Crippen molar-refractivity contribution >= 4 is 17.6 Å². The van der Waals surface area contributed by atoms with Crippen molar-refractivity contribution in [3.8, 4) is 0 Å². The molecule has 1 aromatic heterocycles. The Bertz CT molecular complexity index is 298. The summed E-state index contributed by atoms with van der Waals surface area (Å²) in [6.07, 6.45) is 3.45. The maximum Gasteiger partial charge on any atom is 0.187 e. The molecular formula is C7H10N4OS. The fourth-order valence-corrected chi connectivity index (χ4v) is 1.21. The second kappa shape index (κ2) is 4.66. The molecule has 3 N–H and O–H groups in total. The second-order valence-electron chi connectivity index (χ2n) is 2.42. The van der Waals surface area contributed by atoms with Crippen molar-refractivity contribution in [2.24, 2.45) is 10.9 Å². The predicted octanol–water partition coefficient (Wildman–Crippen LogP) is 0.624. The van der Waals surface area contributed by atoms with E-state index in [1.165, 1.54) is 11.8 Å². The fourth-order valence-electron chi connectivity index (χ4n) is 0.623. The van der Waals surface area contributed by atoms with Gasteiger partial charge >= 0.3 is 0 Å². The number of nitrogens with two attached hydrogens (primary N) is 1. The van der Waals surface area contributed by atoms with E-state index in [4.69, 9.17) is 10.9 Å². The summed E-state index contributed by atoms with van der Waals surface area (Å²) < 4.78 is 0. The Morgan fingerprint density at radius 3 is 2.77 bits per heavy atom. The molecule has 1 rings (SSSR count). The van der Waals surface area contributed by atoms with Gasteiger partial charge in [-0.2, -0.15) is 0 Å². The maximum atomic E-state index is 8.27. The zero-order valence-corrected chi connectivity index (χ0v) is 7.95. The number of oxime groups is 1. The van der Waals surface area contributed by atoms with Gasteiger partial charge in [0.2, 0.25) is 0 Å². The lowest BCUT2D eigenvalue weighted by Gasteiger charge is -1.98. The molecule has 0 aromatic carbocycles. The summed E-state index contributed by atoms with van der Waals surface area (Å²) in [6.45, 7) is 1.91. The Morgan fingerprint density at radius 1 is 1.62 bits per heavy atom. The molecule has 1 heterocycles. The van der Waals surface area contributed by atoms with Crippen LogP contribution in [0.15, 0.2) is 22.7 Å². The lowest BCUT2D eigenvalue weighted by atomic mass is 10.4.